The number of carbonyl (C=O) groups excluding carboxylic acids is 1. The van der Waals surface area contributed by atoms with Gasteiger partial charge in [-0.25, -0.2) is 0 Å². The molecule has 2 unspecified atom stereocenters. The molecule has 3 nitrogen and oxygen atoms in total. The van der Waals surface area contributed by atoms with Gasteiger partial charge in [0.25, 0.3) is 0 Å². The molecule has 0 bridgehead atoms. The van der Waals surface area contributed by atoms with Gasteiger partial charge in [0.05, 0.1) is 12.5 Å². The summed E-state index contributed by atoms with van der Waals surface area (Å²) in [4.78, 5) is 11.2. The molecule has 0 amide bonds. The summed E-state index contributed by atoms with van der Waals surface area (Å²) in [7, 11) is 0. The van der Waals surface area contributed by atoms with Crippen LogP contribution in [0.5, 0.6) is 0 Å². The van der Waals surface area contributed by atoms with Crippen molar-refractivity contribution < 1.29 is 9.53 Å². The number of rotatable bonds is 7. The molecule has 0 aromatic rings. The zero-order valence-corrected chi connectivity index (χ0v) is 10.3. The molecule has 14 heavy (non-hydrogen) atoms. The lowest BCUT2D eigenvalue weighted by molar-refractivity contribution is -0.147. The van der Waals surface area contributed by atoms with Crippen LogP contribution in [0.2, 0.25) is 0 Å². The predicted molar refractivity (Wildman–Crippen MR) is 61.6 cm³/mol. The standard InChI is InChI=1S/C10H21NO2S/c1-5-13-10(12)8(2)6-11-9(3)7-14-4/h8-9,11H,5-7H2,1-4H3. The van der Waals surface area contributed by atoms with E-state index in [0.29, 0.717) is 19.2 Å². The van der Waals surface area contributed by atoms with Crippen LogP contribution in [0, 0.1) is 5.92 Å². The topological polar surface area (TPSA) is 38.3 Å². The molecular weight excluding hydrogens is 198 g/mol. The van der Waals surface area contributed by atoms with E-state index in [1.165, 1.54) is 0 Å². The summed E-state index contributed by atoms with van der Waals surface area (Å²) in [5, 5.41) is 3.30. The van der Waals surface area contributed by atoms with Gasteiger partial charge < -0.3 is 10.1 Å². The summed E-state index contributed by atoms with van der Waals surface area (Å²) >= 11 is 1.80. The van der Waals surface area contributed by atoms with Crippen molar-refractivity contribution in [2.75, 3.05) is 25.2 Å². The lowest BCUT2D eigenvalue weighted by Gasteiger charge is -2.15. The van der Waals surface area contributed by atoms with E-state index in [-0.39, 0.29) is 11.9 Å². The minimum absolute atomic E-state index is 0.0562. The highest BCUT2D eigenvalue weighted by Gasteiger charge is 2.14. The fourth-order valence-corrected chi connectivity index (χ4v) is 1.67. The number of esters is 1. The molecule has 0 aliphatic rings. The van der Waals surface area contributed by atoms with Gasteiger partial charge in [-0.2, -0.15) is 11.8 Å². The number of carbonyl (C=O) groups is 1. The van der Waals surface area contributed by atoms with Crippen LogP contribution in [0.3, 0.4) is 0 Å². The van der Waals surface area contributed by atoms with Gasteiger partial charge in [0.2, 0.25) is 0 Å². The smallest absolute Gasteiger partial charge is 0.309 e. The summed E-state index contributed by atoms with van der Waals surface area (Å²) in [6.07, 6.45) is 2.08. The number of thioether (sulfide) groups is 1. The molecule has 0 aliphatic carbocycles. The molecule has 0 rings (SSSR count). The highest BCUT2D eigenvalue weighted by molar-refractivity contribution is 7.98. The van der Waals surface area contributed by atoms with Crippen LogP contribution in [0.15, 0.2) is 0 Å². The van der Waals surface area contributed by atoms with Crippen LogP contribution < -0.4 is 5.32 Å². The van der Waals surface area contributed by atoms with E-state index in [1.54, 1.807) is 11.8 Å². The van der Waals surface area contributed by atoms with E-state index in [4.69, 9.17) is 4.74 Å². The molecule has 2 atom stereocenters. The second kappa shape index (κ2) is 8.12. The van der Waals surface area contributed by atoms with Crippen LogP contribution in [0.1, 0.15) is 20.8 Å². The number of ether oxygens (including phenoxy) is 1. The van der Waals surface area contributed by atoms with Crippen LogP contribution in [0.4, 0.5) is 0 Å². The van der Waals surface area contributed by atoms with Crippen LogP contribution >= 0.6 is 11.8 Å². The van der Waals surface area contributed by atoms with Crippen molar-refractivity contribution in [1.29, 1.82) is 0 Å². The van der Waals surface area contributed by atoms with Crippen molar-refractivity contribution in [2.24, 2.45) is 5.92 Å². The molecular formula is C10H21NO2S. The Morgan fingerprint density at radius 1 is 1.50 bits per heavy atom. The summed E-state index contributed by atoms with van der Waals surface area (Å²) < 4.78 is 4.91. The van der Waals surface area contributed by atoms with Crippen LogP contribution in [0.25, 0.3) is 0 Å². The van der Waals surface area contributed by atoms with E-state index in [9.17, 15) is 4.79 Å². The van der Waals surface area contributed by atoms with Crippen molar-refractivity contribution in [2.45, 2.75) is 26.8 Å². The molecule has 0 aliphatic heterocycles. The third-order valence-corrected chi connectivity index (χ3v) is 2.71. The first-order valence-electron chi connectivity index (χ1n) is 5.00. The fraction of sp³-hybridized carbons (Fsp3) is 0.900. The third kappa shape index (κ3) is 6.27. The number of hydrogen-bond acceptors (Lipinski definition) is 4. The van der Waals surface area contributed by atoms with Crippen molar-refractivity contribution in [1.82, 2.24) is 5.32 Å². The van der Waals surface area contributed by atoms with Gasteiger partial charge in [0.15, 0.2) is 0 Å². The van der Waals surface area contributed by atoms with Gasteiger partial charge in [0, 0.05) is 18.3 Å². The third-order valence-electron chi connectivity index (χ3n) is 1.88. The minimum Gasteiger partial charge on any atom is -0.466 e. The molecule has 0 heterocycles. The highest BCUT2D eigenvalue weighted by atomic mass is 32.2. The first kappa shape index (κ1) is 13.8. The molecule has 0 aromatic carbocycles. The van der Waals surface area contributed by atoms with Gasteiger partial charge in [0.1, 0.15) is 0 Å². The molecule has 0 saturated heterocycles. The number of hydrogen-bond donors (Lipinski definition) is 1. The van der Waals surface area contributed by atoms with Crippen molar-refractivity contribution in [3.63, 3.8) is 0 Å². The van der Waals surface area contributed by atoms with Gasteiger partial charge in [-0.15, -0.1) is 0 Å². The Balaban J connectivity index is 3.61. The summed E-state index contributed by atoms with van der Waals surface area (Å²) in [5.74, 6) is 0.894. The average molecular weight is 219 g/mol. The largest absolute Gasteiger partial charge is 0.466 e. The summed E-state index contributed by atoms with van der Waals surface area (Å²) in [6, 6.07) is 0.446. The van der Waals surface area contributed by atoms with E-state index in [2.05, 4.69) is 18.5 Å². The Hall–Kier alpha value is -0.220. The minimum atomic E-state index is -0.114. The van der Waals surface area contributed by atoms with Gasteiger partial charge in [-0.3, -0.25) is 4.79 Å². The van der Waals surface area contributed by atoms with Crippen LogP contribution in [-0.4, -0.2) is 37.2 Å². The van der Waals surface area contributed by atoms with E-state index in [1.807, 2.05) is 13.8 Å². The molecule has 0 radical (unpaired) electrons. The Morgan fingerprint density at radius 2 is 2.14 bits per heavy atom. The van der Waals surface area contributed by atoms with Crippen molar-refractivity contribution >= 4 is 17.7 Å². The quantitative estimate of drug-likeness (QED) is 0.659. The maximum atomic E-state index is 11.2. The Morgan fingerprint density at radius 3 is 2.64 bits per heavy atom. The Kier molecular flexibility index (Phi) is 7.99. The maximum Gasteiger partial charge on any atom is 0.309 e. The van der Waals surface area contributed by atoms with E-state index in [0.717, 1.165) is 5.75 Å². The molecule has 0 spiro atoms. The van der Waals surface area contributed by atoms with Crippen molar-refractivity contribution in [3.8, 4) is 0 Å². The van der Waals surface area contributed by atoms with E-state index < -0.39 is 0 Å². The van der Waals surface area contributed by atoms with Gasteiger partial charge in [-0.1, -0.05) is 6.92 Å². The summed E-state index contributed by atoms with van der Waals surface area (Å²) in [5.41, 5.74) is 0. The monoisotopic (exact) mass is 219 g/mol. The van der Waals surface area contributed by atoms with E-state index >= 15 is 0 Å². The first-order valence-corrected chi connectivity index (χ1v) is 6.40. The summed E-state index contributed by atoms with van der Waals surface area (Å²) in [6.45, 7) is 6.99. The van der Waals surface area contributed by atoms with Gasteiger partial charge in [-0.05, 0) is 20.1 Å². The zero-order chi connectivity index (χ0) is 11.0. The van der Waals surface area contributed by atoms with Crippen molar-refractivity contribution in [3.05, 3.63) is 0 Å². The Labute approximate surface area is 91.0 Å². The first-order chi connectivity index (χ1) is 6.61. The Bertz CT molecular complexity index is 164. The molecule has 84 valence electrons. The fourth-order valence-electron chi connectivity index (χ4n) is 1.05. The molecule has 0 saturated carbocycles. The molecule has 1 N–H and O–H groups in total. The van der Waals surface area contributed by atoms with Gasteiger partial charge >= 0.3 is 5.97 Å². The maximum absolute atomic E-state index is 11.2. The predicted octanol–water partition coefficient (Wildman–Crippen LogP) is 1.53. The zero-order valence-electron chi connectivity index (χ0n) is 9.50. The SMILES string of the molecule is CCOC(=O)C(C)CNC(C)CSC. The number of nitrogens with one attached hydrogen (secondary N) is 1. The second-order valence-corrected chi connectivity index (χ2v) is 4.33. The van der Waals surface area contributed by atoms with Crippen LogP contribution in [-0.2, 0) is 9.53 Å². The second-order valence-electron chi connectivity index (χ2n) is 3.42. The normalized spacial score (nSPS) is 14.9. The molecule has 4 heteroatoms. The average Bonchev–Trinajstić information content (AvgIpc) is 2.15. The molecule has 0 fully saturated rings. The lowest BCUT2D eigenvalue weighted by atomic mass is 10.2. The highest BCUT2D eigenvalue weighted by Crippen LogP contribution is 2.00. The molecule has 0 aromatic heterocycles. The lowest BCUT2D eigenvalue weighted by Crippen LogP contribution is -2.35.